The lowest BCUT2D eigenvalue weighted by Gasteiger charge is -2.31. The van der Waals surface area contributed by atoms with Crippen LogP contribution in [0, 0.1) is 0 Å². The highest BCUT2D eigenvalue weighted by molar-refractivity contribution is 8.18. The molecule has 1 fully saturated rings. The molecule has 3 heteroatoms. The molecule has 0 atom stereocenters. The highest BCUT2D eigenvalue weighted by Gasteiger charge is 2.27. The van der Waals surface area contributed by atoms with Crippen molar-refractivity contribution in [1.82, 2.24) is 0 Å². The van der Waals surface area contributed by atoms with E-state index in [1.165, 1.54) is 17.9 Å². The van der Waals surface area contributed by atoms with E-state index in [0.29, 0.717) is 9.86 Å². The maximum atomic E-state index is 10.8. The van der Waals surface area contributed by atoms with Gasteiger partial charge in [0.05, 0.1) is 4.08 Å². The standard InChI is InChI=1S/C9H16OS2/c1-8(10)4-5-9(2)11-6-3-7-12-9/h3-7H2,1-2H3. The summed E-state index contributed by atoms with van der Waals surface area (Å²) < 4.78 is 0.323. The predicted molar refractivity (Wildman–Crippen MR) is 57.9 cm³/mol. The molecule has 12 heavy (non-hydrogen) atoms. The van der Waals surface area contributed by atoms with Crippen LogP contribution in [-0.2, 0) is 4.79 Å². The van der Waals surface area contributed by atoms with Crippen LogP contribution < -0.4 is 0 Å². The molecule has 0 aromatic rings. The second-order valence-corrected chi connectivity index (χ2v) is 6.84. The minimum Gasteiger partial charge on any atom is -0.300 e. The van der Waals surface area contributed by atoms with E-state index in [9.17, 15) is 4.79 Å². The first-order valence-electron chi connectivity index (χ1n) is 4.40. The fourth-order valence-electron chi connectivity index (χ4n) is 1.22. The third kappa shape index (κ3) is 3.40. The van der Waals surface area contributed by atoms with Crippen molar-refractivity contribution in [3.8, 4) is 0 Å². The summed E-state index contributed by atoms with van der Waals surface area (Å²) in [5, 5.41) is 0. The van der Waals surface area contributed by atoms with Crippen molar-refractivity contribution in [3.05, 3.63) is 0 Å². The fraction of sp³-hybridized carbons (Fsp3) is 0.889. The molecular weight excluding hydrogens is 188 g/mol. The first-order valence-corrected chi connectivity index (χ1v) is 6.37. The SMILES string of the molecule is CC(=O)CCC1(C)SCCCS1. The Labute approximate surface area is 83.1 Å². The van der Waals surface area contributed by atoms with E-state index in [-0.39, 0.29) is 0 Å². The monoisotopic (exact) mass is 204 g/mol. The third-order valence-electron chi connectivity index (χ3n) is 2.03. The van der Waals surface area contributed by atoms with Gasteiger partial charge in [0.2, 0.25) is 0 Å². The Kier molecular flexibility index (Phi) is 3.97. The molecule has 0 amide bonds. The molecule has 1 aliphatic heterocycles. The molecule has 0 radical (unpaired) electrons. The number of hydrogen-bond donors (Lipinski definition) is 0. The van der Waals surface area contributed by atoms with Gasteiger partial charge in [-0.05, 0) is 38.2 Å². The van der Waals surface area contributed by atoms with E-state index >= 15 is 0 Å². The van der Waals surface area contributed by atoms with Gasteiger partial charge in [0, 0.05) is 6.42 Å². The van der Waals surface area contributed by atoms with Crippen LogP contribution in [0.25, 0.3) is 0 Å². The van der Waals surface area contributed by atoms with Gasteiger partial charge in [-0.15, -0.1) is 23.5 Å². The van der Waals surface area contributed by atoms with Crippen LogP contribution >= 0.6 is 23.5 Å². The van der Waals surface area contributed by atoms with E-state index in [1.807, 2.05) is 23.5 Å². The van der Waals surface area contributed by atoms with Crippen LogP contribution in [0.1, 0.15) is 33.1 Å². The van der Waals surface area contributed by atoms with E-state index in [4.69, 9.17) is 0 Å². The molecule has 0 aliphatic carbocycles. The Hall–Kier alpha value is 0.370. The highest BCUT2D eigenvalue weighted by Crippen LogP contribution is 2.44. The van der Waals surface area contributed by atoms with Crippen molar-refractivity contribution in [2.24, 2.45) is 0 Å². The summed E-state index contributed by atoms with van der Waals surface area (Å²) in [6.45, 7) is 3.95. The molecule has 0 unspecified atom stereocenters. The van der Waals surface area contributed by atoms with Gasteiger partial charge in [-0.25, -0.2) is 0 Å². The first-order chi connectivity index (χ1) is 5.62. The van der Waals surface area contributed by atoms with Gasteiger partial charge in [-0.3, -0.25) is 0 Å². The number of carbonyl (C=O) groups excluding carboxylic acids is 1. The highest BCUT2D eigenvalue weighted by atomic mass is 32.2. The zero-order chi connectivity index (χ0) is 9.03. The lowest BCUT2D eigenvalue weighted by molar-refractivity contribution is -0.117. The van der Waals surface area contributed by atoms with Crippen LogP contribution in [-0.4, -0.2) is 21.4 Å². The van der Waals surface area contributed by atoms with Gasteiger partial charge in [0.25, 0.3) is 0 Å². The number of carbonyl (C=O) groups is 1. The summed E-state index contributed by atoms with van der Waals surface area (Å²) in [5.41, 5.74) is 0. The van der Waals surface area contributed by atoms with E-state index < -0.39 is 0 Å². The molecule has 0 bridgehead atoms. The van der Waals surface area contributed by atoms with Crippen molar-refractivity contribution in [2.45, 2.75) is 37.2 Å². The van der Waals surface area contributed by atoms with Gasteiger partial charge >= 0.3 is 0 Å². The average molecular weight is 204 g/mol. The molecule has 1 aliphatic rings. The summed E-state index contributed by atoms with van der Waals surface area (Å²) in [6.07, 6.45) is 3.11. The fourth-order valence-corrected chi connectivity index (χ4v) is 4.17. The number of rotatable bonds is 3. The molecule has 0 N–H and O–H groups in total. The van der Waals surface area contributed by atoms with Gasteiger partial charge in [0.1, 0.15) is 5.78 Å². The van der Waals surface area contributed by atoms with Crippen molar-refractivity contribution in [3.63, 3.8) is 0 Å². The molecule has 0 aromatic carbocycles. The first kappa shape index (κ1) is 10.5. The second kappa shape index (κ2) is 4.56. The molecule has 0 spiro atoms. The van der Waals surface area contributed by atoms with Crippen molar-refractivity contribution in [2.75, 3.05) is 11.5 Å². The summed E-state index contributed by atoms with van der Waals surface area (Å²) in [5.74, 6) is 2.85. The lowest BCUT2D eigenvalue weighted by atomic mass is 10.2. The Morgan fingerprint density at radius 1 is 1.42 bits per heavy atom. The van der Waals surface area contributed by atoms with E-state index in [1.54, 1.807) is 6.92 Å². The molecule has 0 saturated carbocycles. The predicted octanol–water partition coefficient (Wildman–Crippen LogP) is 2.94. The molecule has 1 saturated heterocycles. The molecule has 1 heterocycles. The minimum absolute atomic E-state index is 0.322. The second-order valence-electron chi connectivity index (χ2n) is 3.39. The minimum atomic E-state index is 0.322. The summed E-state index contributed by atoms with van der Waals surface area (Å²) in [7, 11) is 0. The van der Waals surface area contributed by atoms with Crippen molar-refractivity contribution < 1.29 is 4.79 Å². The number of ketones is 1. The number of hydrogen-bond acceptors (Lipinski definition) is 3. The molecule has 1 rings (SSSR count). The van der Waals surface area contributed by atoms with Crippen LogP contribution in [0.3, 0.4) is 0 Å². The molecule has 70 valence electrons. The Morgan fingerprint density at radius 3 is 2.50 bits per heavy atom. The lowest BCUT2D eigenvalue weighted by Crippen LogP contribution is -2.21. The average Bonchev–Trinajstić information content (AvgIpc) is 2.03. The normalized spacial score (nSPS) is 22.2. The number of thioether (sulfide) groups is 2. The zero-order valence-corrected chi connectivity index (χ0v) is 9.39. The van der Waals surface area contributed by atoms with Gasteiger partial charge < -0.3 is 4.79 Å². The summed E-state index contributed by atoms with van der Waals surface area (Å²) >= 11 is 4.04. The Balaban J connectivity index is 2.31. The molecule has 0 aromatic heterocycles. The summed E-state index contributed by atoms with van der Waals surface area (Å²) in [6, 6.07) is 0. The van der Waals surface area contributed by atoms with Crippen molar-refractivity contribution in [1.29, 1.82) is 0 Å². The van der Waals surface area contributed by atoms with Crippen LogP contribution in [0.4, 0.5) is 0 Å². The molecular formula is C9H16OS2. The largest absolute Gasteiger partial charge is 0.300 e. The van der Waals surface area contributed by atoms with Gasteiger partial charge in [-0.2, -0.15) is 0 Å². The van der Waals surface area contributed by atoms with E-state index in [2.05, 4.69) is 6.92 Å². The van der Waals surface area contributed by atoms with Crippen molar-refractivity contribution >= 4 is 29.3 Å². The zero-order valence-electron chi connectivity index (χ0n) is 7.76. The number of Topliss-reactive ketones (excluding diaryl/α,β-unsaturated/α-hetero) is 1. The maximum Gasteiger partial charge on any atom is 0.129 e. The summed E-state index contributed by atoms with van der Waals surface area (Å²) in [4.78, 5) is 10.8. The Bertz CT molecular complexity index is 162. The maximum absolute atomic E-state index is 10.8. The van der Waals surface area contributed by atoms with Crippen LogP contribution in [0.15, 0.2) is 0 Å². The van der Waals surface area contributed by atoms with Crippen LogP contribution in [0.5, 0.6) is 0 Å². The van der Waals surface area contributed by atoms with E-state index in [0.717, 1.165) is 12.8 Å². The Morgan fingerprint density at radius 2 is 2.00 bits per heavy atom. The molecule has 1 nitrogen and oxygen atoms in total. The van der Waals surface area contributed by atoms with Crippen LogP contribution in [0.2, 0.25) is 0 Å². The quantitative estimate of drug-likeness (QED) is 0.703. The van der Waals surface area contributed by atoms with Gasteiger partial charge in [-0.1, -0.05) is 0 Å². The van der Waals surface area contributed by atoms with Gasteiger partial charge in [0.15, 0.2) is 0 Å². The third-order valence-corrected chi connectivity index (χ3v) is 5.36. The smallest absolute Gasteiger partial charge is 0.129 e. The topological polar surface area (TPSA) is 17.1 Å².